The molecule has 3 N–H and O–H groups in total. The zero-order valence-electron chi connectivity index (χ0n) is 17.6. The third kappa shape index (κ3) is 4.01. The van der Waals surface area contributed by atoms with Crippen molar-refractivity contribution >= 4 is 22.4 Å². The molecular formula is C23H16F4N6O. The second-order valence-electron chi connectivity index (χ2n) is 7.42. The average molecular weight is 468 g/mol. The Morgan fingerprint density at radius 3 is 2.56 bits per heavy atom. The highest BCUT2D eigenvalue weighted by atomic mass is 19.4. The highest BCUT2D eigenvalue weighted by molar-refractivity contribution is 5.86. The maximum absolute atomic E-state index is 14.0. The highest BCUT2D eigenvalue weighted by Crippen LogP contribution is 2.35. The molecule has 34 heavy (non-hydrogen) atoms. The van der Waals surface area contributed by atoms with E-state index in [0.29, 0.717) is 0 Å². The normalized spacial score (nSPS) is 12.4. The molecule has 0 saturated heterocycles. The summed E-state index contributed by atoms with van der Waals surface area (Å²) < 4.78 is 56.1. The van der Waals surface area contributed by atoms with Gasteiger partial charge in [-0.15, -0.1) is 0 Å². The van der Waals surface area contributed by atoms with Crippen LogP contribution in [0.3, 0.4) is 0 Å². The van der Waals surface area contributed by atoms with E-state index in [2.05, 4.69) is 15.3 Å². The van der Waals surface area contributed by atoms with Crippen LogP contribution in [0, 0.1) is 17.1 Å². The van der Waals surface area contributed by atoms with Crippen molar-refractivity contribution in [2.45, 2.75) is 19.1 Å². The number of hydrogen-bond donors (Lipinski definition) is 2. The van der Waals surface area contributed by atoms with Crippen molar-refractivity contribution in [1.29, 1.82) is 5.26 Å². The fraction of sp³-hybridized carbons (Fsp3) is 0.130. The van der Waals surface area contributed by atoms with Crippen molar-refractivity contribution in [1.82, 2.24) is 14.5 Å². The molecule has 0 spiro atoms. The summed E-state index contributed by atoms with van der Waals surface area (Å²) in [6.45, 7) is 1.61. The molecule has 7 nitrogen and oxygen atoms in total. The van der Waals surface area contributed by atoms with Gasteiger partial charge < -0.3 is 11.1 Å². The number of nitrogens with two attached hydrogens (primary N) is 1. The van der Waals surface area contributed by atoms with Gasteiger partial charge in [0.05, 0.1) is 22.7 Å². The Morgan fingerprint density at radius 1 is 1.15 bits per heavy atom. The maximum Gasteiger partial charge on any atom is 0.417 e. The average Bonchev–Trinajstić information content (AvgIpc) is 2.78. The monoisotopic (exact) mass is 468 g/mol. The number of nitrogen functional groups attached to an aromatic ring is 1. The van der Waals surface area contributed by atoms with Crippen LogP contribution in [-0.2, 0) is 6.18 Å². The summed E-state index contributed by atoms with van der Waals surface area (Å²) >= 11 is 0. The summed E-state index contributed by atoms with van der Waals surface area (Å²) in [4.78, 5) is 21.2. The van der Waals surface area contributed by atoms with Gasteiger partial charge in [-0.1, -0.05) is 18.2 Å². The van der Waals surface area contributed by atoms with E-state index in [1.165, 1.54) is 30.3 Å². The number of fused-ring (bicyclic) bond motifs is 1. The molecule has 0 saturated carbocycles. The zero-order valence-corrected chi connectivity index (χ0v) is 17.6. The minimum absolute atomic E-state index is 0.0332. The highest BCUT2D eigenvalue weighted by Gasteiger charge is 2.34. The fourth-order valence-electron chi connectivity index (χ4n) is 3.72. The van der Waals surface area contributed by atoms with Crippen LogP contribution < -0.4 is 16.6 Å². The molecule has 0 fully saturated rings. The lowest BCUT2D eigenvalue weighted by molar-refractivity contribution is -0.136. The Balaban J connectivity index is 2.00. The Kier molecular flexibility index (Phi) is 5.66. The second kappa shape index (κ2) is 8.47. The standard InChI is InChI=1S/C23H16F4N6O/c1-12(32-21-16(10-28)20(29)30-11-31-21)18-8-13-4-2-7-17(23(25,26)27)19(13)22(34)33(18)15-6-3-5-14(24)9-15/h2-9,11-12H,1H3,(H3,29,30,31,32)/t12-/m0/s1. The van der Waals surface area contributed by atoms with Crippen LogP contribution in [0.1, 0.15) is 29.8 Å². The van der Waals surface area contributed by atoms with Crippen molar-refractivity contribution in [3.63, 3.8) is 0 Å². The molecule has 0 amide bonds. The molecule has 2 aromatic heterocycles. The second-order valence-corrected chi connectivity index (χ2v) is 7.42. The van der Waals surface area contributed by atoms with Crippen LogP contribution in [0.5, 0.6) is 0 Å². The predicted octanol–water partition coefficient (Wildman–Crippen LogP) is 4.57. The third-order valence-electron chi connectivity index (χ3n) is 5.23. The Morgan fingerprint density at radius 2 is 1.88 bits per heavy atom. The summed E-state index contributed by atoms with van der Waals surface area (Å²) in [5.41, 5.74) is 3.87. The summed E-state index contributed by atoms with van der Waals surface area (Å²) in [5.74, 6) is -0.663. The predicted molar refractivity (Wildman–Crippen MR) is 118 cm³/mol. The van der Waals surface area contributed by atoms with Crippen molar-refractivity contribution < 1.29 is 17.6 Å². The number of benzene rings is 2. The van der Waals surface area contributed by atoms with Crippen LogP contribution in [0.4, 0.5) is 29.2 Å². The number of alkyl halides is 3. The van der Waals surface area contributed by atoms with Crippen molar-refractivity contribution in [2.75, 3.05) is 11.1 Å². The van der Waals surface area contributed by atoms with E-state index < -0.39 is 34.5 Å². The third-order valence-corrected chi connectivity index (χ3v) is 5.23. The van der Waals surface area contributed by atoms with Gasteiger partial charge in [-0.25, -0.2) is 14.4 Å². The number of aromatic nitrogens is 3. The minimum atomic E-state index is -4.77. The summed E-state index contributed by atoms with van der Waals surface area (Å²) in [5, 5.41) is 11.8. The molecule has 0 radical (unpaired) electrons. The largest absolute Gasteiger partial charge is 0.417 e. The van der Waals surface area contributed by atoms with Gasteiger partial charge in [0.1, 0.15) is 35.4 Å². The Labute approximate surface area is 190 Å². The Hall–Kier alpha value is -4.46. The summed E-state index contributed by atoms with van der Waals surface area (Å²) in [6, 6.07) is 10.9. The molecule has 0 unspecified atom stereocenters. The van der Waals surface area contributed by atoms with E-state index in [1.807, 2.05) is 6.07 Å². The quantitative estimate of drug-likeness (QED) is 0.425. The van der Waals surface area contributed by atoms with Crippen LogP contribution in [0.2, 0.25) is 0 Å². The SMILES string of the molecule is C[C@H](Nc1ncnc(N)c1C#N)c1cc2cccc(C(F)(F)F)c2c(=O)n1-c1cccc(F)c1. The van der Waals surface area contributed by atoms with Crippen LogP contribution >= 0.6 is 0 Å². The first kappa shape index (κ1) is 22.7. The van der Waals surface area contributed by atoms with E-state index in [0.717, 1.165) is 29.1 Å². The number of nitriles is 1. The van der Waals surface area contributed by atoms with E-state index in [1.54, 1.807) is 6.92 Å². The van der Waals surface area contributed by atoms with E-state index in [4.69, 9.17) is 5.73 Å². The van der Waals surface area contributed by atoms with Crippen LogP contribution in [0.25, 0.3) is 16.5 Å². The number of nitrogens with zero attached hydrogens (tertiary/aromatic N) is 4. The van der Waals surface area contributed by atoms with Crippen LogP contribution in [-0.4, -0.2) is 14.5 Å². The molecule has 172 valence electrons. The lowest BCUT2D eigenvalue weighted by Crippen LogP contribution is -2.27. The molecule has 0 bridgehead atoms. The number of nitrogens with one attached hydrogen (secondary N) is 1. The smallest absolute Gasteiger partial charge is 0.382 e. The van der Waals surface area contributed by atoms with Gasteiger partial charge >= 0.3 is 6.18 Å². The van der Waals surface area contributed by atoms with E-state index >= 15 is 0 Å². The molecule has 4 rings (SSSR count). The number of pyridine rings is 1. The molecule has 0 aliphatic carbocycles. The van der Waals surface area contributed by atoms with Gasteiger partial charge in [0.2, 0.25) is 0 Å². The number of hydrogen-bond acceptors (Lipinski definition) is 6. The molecular weight excluding hydrogens is 452 g/mol. The Bertz CT molecular complexity index is 1510. The van der Waals surface area contributed by atoms with E-state index in [9.17, 15) is 27.6 Å². The fourth-order valence-corrected chi connectivity index (χ4v) is 3.72. The molecule has 2 heterocycles. The van der Waals surface area contributed by atoms with Gasteiger partial charge in [0.25, 0.3) is 5.56 Å². The van der Waals surface area contributed by atoms with Crippen molar-refractivity contribution in [2.24, 2.45) is 0 Å². The van der Waals surface area contributed by atoms with Crippen LogP contribution in [0.15, 0.2) is 59.7 Å². The van der Waals surface area contributed by atoms with Crippen molar-refractivity contribution in [3.05, 3.63) is 87.9 Å². The van der Waals surface area contributed by atoms with E-state index in [-0.39, 0.29) is 34.0 Å². The molecule has 1 atom stereocenters. The maximum atomic E-state index is 14.0. The molecule has 0 aliphatic rings. The first-order valence-electron chi connectivity index (χ1n) is 9.90. The van der Waals surface area contributed by atoms with Crippen molar-refractivity contribution in [3.8, 4) is 11.8 Å². The van der Waals surface area contributed by atoms with Gasteiger partial charge in [0, 0.05) is 5.69 Å². The van der Waals surface area contributed by atoms with Gasteiger partial charge in [-0.05, 0) is 42.6 Å². The minimum Gasteiger partial charge on any atom is -0.382 e. The topological polar surface area (TPSA) is 110 Å². The summed E-state index contributed by atoms with van der Waals surface area (Å²) in [6.07, 6.45) is -3.63. The molecule has 0 aliphatic heterocycles. The number of anilines is 2. The number of rotatable bonds is 4. The number of halogens is 4. The first-order chi connectivity index (χ1) is 16.1. The van der Waals surface area contributed by atoms with Gasteiger partial charge in [-0.2, -0.15) is 18.4 Å². The first-order valence-corrected chi connectivity index (χ1v) is 9.90. The lowest BCUT2D eigenvalue weighted by atomic mass is 10.0. The molecule has 2 aromatic carbocycles. The van der Waals surface area contributed by atoms with Gasteiger partial charge in [-0.3, -0.25) is 9.36 Å². The zero-order chi connectivity index (χ0) is 24.6. The van der Waals surface area contributed by atoms with Gasteiger partial charge in [0.15, 0.2) is 0 Å². The lowest BCUT2D eigenvalue weighted by Gasteiger charge is -2.22. The molecule has 11 heteroatoms. The molecule has 4 aromatic rings. The summed E-state index contributed by atoms with van der Waals surface area (Å²) in [7, 11) is 0.